The Balaban J connectivity index is 1.53. The number of nitrogens with one attached hydrogen (secondary N) is 1. The van der Waals surface area contributed by atoms with Crippen LogP contribution >= 0.6 is 22.9 Å². The molecule has 2 aromatic heterocycles. The molecule has 0 saturated carbocycles. The molecule has 0 aliphatic heterocycles. The van der Waals surface area contributed by atoms with E-state index in [1.807, 2.05) is 76.9 Å². The minimum atomic E-state index is -0.0978. The number of rotatable bonds is 8. The van der Waals surface area contributed by atoms with Crippen molar-refractivity contribution in [2.45, 2.75) is 6.42 Å². The average molecular weight is 467 g/mol. The molecule has 32 heavy (non-hydrogen) atoms. The second kappa shape index (κ2) is 9.94. The van der Waals surface area contributed by atoms with E-state index >= 15 is 0 Å². The number of benzene rings is 2. The van der Waals surface area contributed by atoms with Crippen molar-refractivity contribution < 1.29 is 14.3 Å². The molecule has 1 N–H and O–H groups in total. The molecule has 0 bridgehead atoms. The molecule has 4 rings (SSSR count). The lowest BCUT2D eigenvalue weighted by atomic mass is 10.1. The van der Waals surface area contributed by atoms with Crippen molar-refractivity contribution in [3.8, 4) is 28.3 Å². The third kappa shape index (κ3) is 4.66. The van der Waals surface area contributed by atoms with Crippen molar-refractivity contribution in [1.82, 2.24) is 9.88 Å². The Morgan fingerprint density at radius 1 is 1.03 bits per heavy atom. The maximum absolute atomic E-state index is 13.1. The van der Waals surface area contributed by atoms with Crippen molar-refractivity contribution in [3.05, 3.63) is 87.8 Å². The molecular weight excluding hydrogens is 444 g/mol. The largest absolute Gasteiger partial charge is 0.493 e. The topological polar surface area (TPSA) is 52.5 Å². The van der Waals surface area contributed by atoms with E-state index in [2.05, 4.69) is 5.32 Å². The molecular formula is C25H23ClN2O3S. The number of methoxy groups -OCH3 is 2. The lowest BCUT2D eigenvalue weighted by Crippen LogP contribution is -2.25. The van der Waals surface area contributed by atoms with Gasteiger partial charge < -0.3 is 19.4 Å². The number of hydrogen-bond acceptors (Lipinski definition) is 4. The van der Waals surface area contributed by atoms with Gasteiger partial charge in [-0.3, -0.25) is 4.79 Å². The van der Waals surface area contributed by atoms with Gasteiger partial charge in [0, 0.05) is 34.9 Å². The van der Waals surface area contributed by atoms with Crippen molar-refractivity contribution in [1.29, 1.82) is 0 Å². The normalized spacial score (nSPS) is 10.7. The average Bonchev–Trinajstić information content (AvgIpc) is 3.49. The first-order valence-electron chi connectivity index (χ1n) is 10.1. The van der Waals surface area contributed by atoms with Crippen LogP contribution < -0.4 is 14.8 Å². The van der Waals surface area contributed by atoms with Gasteiger partial charge in [-0.15, -0.1) is 11.3 Å². The fourth-order valence-electron chi connectivity index (χ4n) is 3.52. The molecule has 0 unspecified atom stereocenters. The highest BCUT2D eigenvalue weighted by molar-refractivity contribution is 7.13. The van der Waals surface area contributed by atoms with E-state index in [4.69, 9.17) is 21.1 Å². The summed E-state index contributed by atoms with van der Waals surface area (Å²) in [5.74, 6) is 1.27. The molecule has 7 heteroatoms. The second-order valence-corrected chi connectivity index (χ2v) is 8.44. The number of ether oxygens (including phenoxy) is 2. The summed E-state index contributed by atoms with van der Waals surface area (Å²) in [4.78, 5) is 13.8. The Hall–Kier alpha value is -3.22. The van der Waals surface area contributed by atoms with Gasteiger partial charge >= 0.3 is 0 Å². The van der Waals surface area contributed by atoms with Gasteiger partial charge in [0.05, 0.1) is 19.9 Å². The zero-order valence-electron chi connectivity index (χ0n) is 17.8. The summed E-state index contributed by atoms with van der Waals surface area (Å²) in [5, 5.41) is 5.75. The third-order valence-electron chi connectivity index (χ3n) is 5.14. The van der Waals surface area contributed by atoms with Crippen molar-refractivity contribution in [3.63, 3.8) is 0 Å². The lowest BCUT2D eigenvalue weighted by molar-refractivity contribution is 0.0958. The van der Waals surface area contributed by atoms with Gasteiger partial charge in [-0.2, -0.15) is 0 Å². The maximum Gasteiger partial charge on any atom is 0.263 e. The van der Waals surface area contributed by atoms with E-state index in [9.17, 15) is 4.79 Å². The molecule has 1 amide bonds. The van der Waals surface area contributed by atoms with Crippen LogP contribution in [0.3, 0.4) is 0 Å². The highest BCUT2D eigenvalue weighted by atomic mass is 35.5. The number of hydrogen-bond donors (Lipinski definition) is 1. The standard InChI is InChI=1S/C25H23ClN2O3S/c1-30-21-10-5-17(15-22(21)31-2)11-12-27-25(29)24-23(28-13-3-4-14-28)20(16-32-24)18-6-8-19(26)9-7-18/h3-10,13-16H,11-12H2,1-2H3,(H,27,29). The quantitative estimate of drug-likeness (QED) is 0.354. The molecule has 0 aliphatic rings. The van der Waals surface area contributed by atoms with Gasteiger partial charge in [-0.05, 0) is 53.9 Å². The Bertz CT molecular complexity index is 1200. The third-order valence-corrected chi connectivity index (χ3v) is 6.36. The summed E-state index contributed by atoms with van der Waals surface area (Å²) in [5.41, 5.74) is 3.93. The fourth-order valence-corrected chi connectivity index (χ4v) is 4.64. The minimum Gasteiger partial charge on any atom is -0.493 e. The lowest BCUT2D eigenvalue weighted by Gasteiger charge is -2.11. The smallest absolute Gasteiger partial charge is 0.263 e. The maximum atomic E-state index is 13.1. The number of amides is 1. The minimum absolute atomic E-state index is 0.0978. The first-order chi connectivity index (χ1) is 15.6. The summed E-state index contributed by atoms with van der Waals surface area (Å²) < 4.78 is 12.6. The van der Waals surface area contributed by atoms with Gasteiger partial charge in [0.15, 0.2) is 11.5 Å². The zero-order valence-corrected chi connectivity index (χ0v) is 19.4. The Kier molecular flexibility index (Phi) is 6.83. The Morgan fingerprint density at radius 2 is 1.75 bits per heavy atom. The van der Waals surface area contributed by atoms with Crippen LogP contribution in [0.2, 0.25) is 5.02 Å². The SMILES string of the molecule is COc1ccc(CCNC(=O)c2scc(-c3ccc(Cl)cc3)c2-n2cccc2)cc1OC. The van der Waals surface area contributed by atoms with E-state index in [0.29, 0.717) is 34.4 Å². The Morgan fingerprint density at radius 3 is 2.44 bits per heavy atom. The fraction of sp³-hybridized carbons (Fsp3) is 0.160. The summed E-state index contributed by atoms with van der Waals surface area (Å²) in [7, 11) is 3.22. The molecule has 0 atom stereocenters. The summed E-state index contributed by atoms with van der Waals surface area (Å²) in [6, 6.07) is 17.3. The second-order valence-electron chi connectivity index (χ2n) is 7.12. The first-order valence-corrected chi connectivity index (χ1v) is 11.4. The van der Waals surface area contributed by atoms with Crippen LogP contribution in [0.4, 0.5) is 0 Å². The van der Waals surface area contributed by atoms with Gasteiger partial charge in [0.2, 0.25) is 0 Å². The highest BCUT2D eigenvalue weighted by Gasteiger charge is 2.20. The first kappa shape index (κ1) is 22.0. The van der Waals surface area contributed by atoms with Crippen LogP contribution in [-0.2, 0) is 6.42 Å². The van der Waals surface area contributed by atoms with Crippen LogP contribution in [0, 0.1) is 0 Å². The Labute approximate surface area is 196 Å². The molecule has 2 heterocycles. The van der Waals surface area contributed by atoms with Crippen LogP contribution in [0.1, 0.15) is 15.2 Å². The molecule has 0 spiro atoms. The predicted octanol–water partition coefficient (Wildman–Crippen LogP) is 5.85. The van der Waals surface area contributed by atoms with Crippen molar-refractivity contribution >= 4 is 28.8 Å². The molecule has 5 nitrogen and oxygen atoms in total. The number of halogens is 1. The van der Waals surface area contributed by atoms with Crippen molar-refractivity contribution in [2.24, 2.45) is 0 Å². The number of carbonyl (C=O) groups is 1. The summed E-state index contributed by atoms with van der Waals surface area (Å²) in [6.45, 7) is 0.508. The van der Waals surface area contributed by atoms with Gasteiger partial charge in [-0.25, -0.2) is 0 Å². The molecule has 0 aliphatic carbocycles. The van der Waals surface area contributed by atoms with Crippen LogP contribution in [0.5, 0.6) is 11.5 Å². The molecule has 4 aromatic rings. The number of aromatic nitrogens is 1. The summed E-state index contributed by atoms with van der Waals surface area (Å²) in [6.07, 6.45) is 4.57. The van der Waals surface area contributed by atoms with E-state index in [0.717, 1.165) is 22.4 Å². The summed E-state index contributed by atoms with van der Waals surface area (Å²) >= 11 is 7.49. The number of nitrogens with zero attached hydrogens (tertiary/aromatic N) is 1. The van der Waals surface area contributed by atoms with E-state index in [1.165, 1.54) is 11.3 Å². The number of carbonyl (C=O) groups excluding carboxylic acids is 1. The van der Waals surface area contributed by atoms with E-state index in [1.54, 1.807) is 14.2 Å². The van der Waals surface area contributed by atoms with Gasteiger partial charge in [0.25, 0.3) is 5.91 Å². The molecule has 0 radical (unpaired) electrons. The van der Waals surface area contributed by atoms with Crippen LogP contribution in [-0.4, -0.2) is 31.2 Å². The zero-order chi connectivity index (χ0) is 22.5. The van der Waals surface area contributed by atoms with Gasteiger partial charge in [0.1, 0.15) is 4.88 Å². The van der Waals surface area contributed by atoms with E-state index in [-0.39, 0.29) is 5.91 Å². The van der Waals surface area contributed by atoms with Crippen LogP contribution in [0.25, 0.3) is 16.8 Å². The highest BCUT2D eigenvalue weighted by Crippen LogP contribution is 2.35. The number of thiophene rings is 1. The molecule has 2 aromatic carbocycles. The molecule has 0 saturated heterocycles. The monoisotopic (exact) mass is 466 g/mol. The molecule has 0 fully saturated rings. The molecule has 164 valence electrons. The predicted molar refractivity (Wildman–Crippen MR) is 130 cm³/mol. The van der Waals surface area contributed by atoms with E-state index < -0.39 is 0 Å². The van der Waals surface area contributed by atoms with Crippen LogP contribution in [0.15, 0.2) is 72.4 Å². The van der Waals surface area contributed by atoms with Crippen molar-refractivity contribution in [2.75, 3.05) is 20.8 Å². The van der Waals surface area contributed by atoms with Gasteiger partial charge in [-0.1, -0.05) is 29.8 Å².